The molecule has 0 aliphatic heterocycles. The topological polar surface area (TPSA) is 69.4 Å². The third kappa shape index (κ3) is 3.17. The maximum Gasteiger partial charge on any atom is 0.459 e. The van der Waals surface area contributed by atoms with E-state index in [1.807, 2.05) is 0 Å². The Balaban J connectivity index is 5.77. The molecule has 0 rings (SSSR count). The maximum absolute atomic E-state index is 12.9. The van der Waals surface area contributed by atoms with Gasteiger partial charge in [-0.3, -0.25) is 4.79 Å². The first kappa shape index (κ1) is 16.3. The molecule has 0 bridgehead atoms. The van der Waals surface area contributed by atoms with Crippen molar-refractivity contribution in [1.29, 1.82) is 0 Å². The zero-order valence-electron chi connectivity index (χ0n) is 9.40. The Hall–Kier alpha value is -1.67. The van der Waals surface area contributed by atoms with E-state index in [4.69, 9.17) is 0 Å². The number of rotatable bonds is 4. The van der Waals surface area contributed by atoms with Crippen molar-refractivity contribution in [2.75, 3.05) is 6.61 Å². The summed E-state index contributed by atoms with van der Waals surface area (Å²) in [5, 5.41) is 0. The van der Waals surface area contributed by atoms with E-state index in [0.29, 0.717) is 6.92 Å². The third-order valence-electron chi connectivity index (χ3n) is 1.80. The Morgan fingerprint density at radius 3 is 1.89 bits per heavy atom. The molecule has 104 valence electrons. The third-order valence-corrected chi connectivity index (χ3v) is 1.80. The van der Waals surface area contributed by atoms with Crippen molar-refractivity contribution < 1.29 is 36.3 Å². The fourth-order valence-electron chi connectivity index (χ4n) is 0.956. The summed E-state index contributed by atoms with van der Waals surface area (Å²) in [6.07, 6.45) is -6.01. The number of carbonyl (C=O) groups is 2. The van der Waals surface area contributed by atoms with Crippen LogP contribution in [0.15, 0.2) is 11.3 Å². The zero-order chi connectivity index (χ0) is 14.7. The highest BCUT2D eigenvalue weighted by molar-refractivity contribution is 6.17. The van der Waals surface area contributed by atoms with Gasteiger partial charge in [0.1, 0.15) is 11.3 Å². The van der Waals surface area contributed by atoms with Crippen LogP contribution < -0.4 is 5.73 Å². The van der Waals surface area contributed by atoms with Crippen LogP contribution in [0.3, 0.4) is 0 Å². The van der Waals surface area contributed by atoms with Gasteiger partial charge in [0, 0.05) is 0 Å². The maximum atomic E-state index is 12.9. The number of halogens is 5. The van der Waals surface area contributed by atoms with Gasteiger partial charge in [-0.05, 0) is 13.8 Å². The first-order chi connectivity index (χ1) is 7.96. The number of alkyl halides is 5. The minimum atomic E-state index is -6.01. The minimum absolute atomic E-state index is 0.305. The van der Waals surface area contributed by atoms with Crippen LogP contribution in [0.4, 0.5) is 22.0 Å². The van der Waals surface area contributed by atoms with E-state index in [9.17, 15) is 31.5 Å². The lowest BCUT2D eigenvalue weighted by molar-refractivity contribution is -0.264. The number of ether oxygens (including phenoxy) is 1. The van der Waals surface area contributed by atoms with E-state index in [1.165, 1.54) is 6.92 Å². The predicted octanol–water partition coefficient (Wildman–Crippen LogP) is 1.55. The van der Waals surface area contributed by atoms with Gasteiger partial charge in [0.2, 0.25) is 0 Å². The molecule has 0 aliphatic rings. The molecule has 0 aromatic carbocycles. The van der Waals surface area contributed by atoms with Crippen molar-refractivity contribution in [3.05, 3.63) is 11.3 Å². The highest BCUT2D eigenvalue weighted by atomic mass is 19.4. The van der Waals surface area contributed by atoms with E-state index in [1.54, 1.807) is 0 Å². The standard InChI is InChI=1S/C9H10F5NO3/c1-3-18-7(17)5(4(2)16)6(15)8(10,11)9(12,13)14/h3,15H2,1-2H3/b6-5-. The molecule has 0 unspecified atom stereocenters. The van der Waals surface area contributed by atoms with Crippen LogP contribution >= 0.6 is 0 Å². The van der Waals surface area contributed by atoms with Gasteiger partial charge in [0.25, 0.3) is 0 Å². The van der Waals surface area contributed by atoms with Crippen molar-refractivity contribution >= 4 is 11.8 Å². The number of ketones is 1. The van der Waals surface area contributed by atoms with Crippen molar-refractivity contribution in [2.24, 2.45) is 5.73 Å². The van der Waals surface area contributed by atoms with Gasteiger partial charge >= 0.3 is 18.1 Å². The van der Waals surface area contributed by atoms with Crippen molar-refractivity contribution in [3.63, 3.8) is 0 Å². The second-order valence-electron chi connectivity index (χ2n) is 3.14. The monoisotopic (exact) mass is 275 g/mol. The second-order valence-corrected chi connectivity index (χ2v) is 3.14. The molecule has 9 heteroatoms. The Kier molecular flexibility index (Phi) is 4.82. The fraction of sp³-hybridized carbons (Fsp3) is 0.556. The summed E-state index contributed by atoms with van der Waals surface area (Å²) in [5.74, 6) is -8.44. The summed E-state index contributed by atoms with van der Waals surface area (Å²) in [7, 11) is 0. The summed E-state index contributed by atoms with van der Waals surface area (Å²) in [4.78, 5) is 22.1. The molecule has 0 amide bonds. The molecule has 0 spiro atoms. The Morgan fingerprint density at radius 1 is 1.17 bits per heavy atom. The summed E-state index contributed by atoms with van der Waals surface area (Å²) in [5.41, 5.74) is 0.935. The van der Waals surface area contributed by atoms with Crippen LogP contribution in [0.5, 0.6) is 0 Å². The quantitative estimate of drug-likeness (QED) is 0.278. The zero-order valence-corrected chi connectivity index (χ0v) is 9.40. The number of esters is 1. The number of hydrogen-bond donors (Lipinski definition) is 1. The summed E-state index contributed by atoms with van der Waals surface area (Å²) in [6.45, 7) is 1.61. The molecule has 0 radical (unpaired) electrons. The average molecular weight is 275 g/mol. The average Bonchev–Trinajstić information content (AvgIpc) is 2.15. The van der Waals surface area contributed by atoms with Gasteiger partial charge in [-0.15, -0.1) is 0 Å². The normalized spacial score (nSPS) is 13.9. The molecular formula is C9H10F5NO3. The lowest BCUT2D eigenvalue weighted by Crippen LogP contribution is -2.43. The highest BCUT2D eigenvalue weighted by Gasteiger charge is 2.61. The summed E-state index contributed by atoms with van der Waals surface area (Å²) in [6, 6.07) is 0. The van der Waals surface area contributed by atoms with Gasteiger partial charge in [-0.25, -0.2) is 4.79 Å². The van der Waals surface area contributed by atoms with Crippen LogP contribution in [0.2, 0.25) is 0 Å². The summed E-state index contributed by atoms with van der Waals surface area (Å²) >= 11 is 0. The number of carbonyl (C=O) groups excluding carboxylic acids is 2. The minimum Gasteiger partial charge on any atom is -0.462 e. The summed E-state index contributed by atoms with van der Waals surface area (Å²) < 4.78 is 66.0. The Bertz CT molecular complexity index is 386. The van der Waals surface area contributed by atoms with Gasteiger partial charge in [-0.1, -0.05) is 0 Å². The van der Waals surface area contributed by atoms with Gasteiger partial charge in [-0.2, -0.15) is 22.0 Å². The van der Waals surface area contributed by atoms with Gasteiger partial charge in [0.05, 0.1) is 6.61 Å². The van der Waals surface area contributed by atoms with Gasteiger partial charge < -0.3 is 10.5 Å². The molecule has 0 atom stereocenters. The van der Waals surface area contributed by atoms with E-state index >= 15 is 0 Å². The number of Topliss-reactive ketones (excluding diaryl/α,β-unsaturated/α-hetero) is 1. The number of nitrogens with two attached hydrogens (primary N) is 1. The Labute approximate surface area is 98.6 Å². The predicted molar refractivity (Wildman–Crippen MR) is 49.5 cm³/mol. The molecule has 18 heavy (non-hydrogen) atoms. The lowest BCUT2D eigenvalue weighted by Gasteiger charge is -2.21. The van der Waals surface area contributed by atoms with E-state index < -0.39 is 35.1 Å². The van der Waals surface area contributed by atoms with Crippen molar-refractivity contribution in [2.45, 2.75) is 25.9 Å². The van der Waals surface area contributed by atoms with E-state index in [-0.39, 0.29) is 6.61 Å². The Morgan fingerprint density at radius 2 is 1.61 bits per heavy atom. The molecule has 0 heterocycles. The smallest absolute Gasteiger partial charge is 0.459 e. The second kappa shape index (κ2) is 5.32. The van der Waals surface area contributed by atoms with Crippen LogP contribution in [0.1, 0.15) is 13.8 Å². The highest BCUT2D eigenvalue weighted by Crippen LogP contribution is 2.40. The molecule has 0 saturated heterocycles. The molecule has 0 saturated carbocycles. The van der Waals surface area contributed by atoms with Crippen LogP contribution in [0.25, 0.3) is 0 Å². The first-order valence-electron chi connectivity index (χ1n) is 4.59. The number of hydrogen-bond acceptors (Lipinski definition) is 4. The van der Waals surface area contributed by atoms with E-state index in [0.717, 1.165) is 0 Å². The van der Waals surface area contributed by atoms with Crippen LogP contribution in [-0.2, 0) is 14.3 Å². The van der Waals surface area contributed by atoms with Gasteiger partial charge in [0.15, 0.2) is 5.78 Å². The van der Waals surface area contributed by atoms with Crippen LogP contribution in [0, 0.1) is 0 Å². The lowest BCUT2D eigenvalue weighted by atomic mass is 10.1. The molecule has 0 fully saturated rings. The molecule has 2 N–H and O–H groups in total. The SMILES string of the molecule is CCOC(=O)/C(C(C)=O)=C(\N)C(F)(F)C(F)(F)F. The van der Waals surface area contributed by atoms with E-state index in [2.05, 4.69) is 10.5 Å². The van der Waals surface area contributed by atoms with Crippen LogP contribution in [-0.4, -0.2) is 30.5 Å². The van der Waals surface area contributed by atoms with Crippen molar-refractivity contribution in [1.82, 2.24) is 0 Å². The molecule has 0 aromatic heterocycles. The van der Waals surface area contributed by atoms with Crippen molar-refractivity contribution in [3.8, 4) is 0 Å². The largest absolute Gasteiger partial charge is 0.462 e. The fourth-order valence-corrected chi connectivity index (χ4v) is 0.956. The molecule has 0 aliphatic carbocycles. The first-order valence-corrected chi connectivity index (χ1v) is 4.59. The molecule has 0 aromatic rings. The number of allylic oxidation sites excluding steroid dienone is 1. The molecular weight excluding hydrogens is 265 g/mol. The molecule has 4 nitrogen and oxygen atoms in total.